The SMILES string of the molecule is CCCCCC(F)(F)C(F)(F)C(F)(F)CF. The fourth-order valence-corrected chi connectivity index (χ4v) is 1.11. The zero-order valence-electron chi connectivity index (χ0n) is 8.68. The third-order valence-corrected chi connectivity index (χ3v) is 2.18. The van der Waals surface area contributed by atoms with E-state index in [1.54, 1.807) is 6.92 Å². The second kappa shape index (κ2) is 5.23. The lowest BCUT2D eigenvalue weighted by Gasteiger charge is -2.31. The van der Waals surface area contributed by atoms with Gasteiger partial charge < -0.3 is 0 Å². The Hall–Kier alpha value is -0.490. The number of rotatable bonds is 7. The van der Waals surface area contributed by atoms with Crippen LogP contribution in [-0.2, 0) is 0 Å². The molecule has 0 amide bonds. The predicted octanol–water partition coefficient (Wildman–Crippen LogP) is 4.44. The van der Waals surface area contributed by atoms with Crippen LogP contribution in [0.4, 0.5) is 30.7 Å². The quantitative estimate of drug-likeness (QED) is 0.465. The molecule has 0 spiro atoms. The van der Waals surface area contributed by atoms with Gasteiger partial charge in [-0.05, 0) is 6.42 Å². The third-order valence-electron chi connectivity index (χ3n) is 2.18. The monoisotopic (exact) mass is 254 g/mol. The minimum Gasteiger partial charge on any atom is -0.244 e. The minimum absolute atomic E-state index is 0.229. The van der Waals surface area contributed by atoms with Gasteiger partial charge in [-0.3, -0.25) is 0 Å². The molecule has 0 aliphatic carbocycles. The van der Waals surface area contributed by atoms with Crippen molar-refractivity contribution >= 4 is 0 Å². The van der Waals surface area contributed by atoms with Crippen LogP contribution in [0.5, 0.6) is 0 Å². The van der Waals surface area contributed by atoms with E-state index in [9.17, 15) is 30.7 Å². The highest BCUT2D eigenvalue weighted by molar-refractivity contribution is 4.95. The Morgan fingerprint density at radius 3 is 1.69 bits per heavy atom. The molecular formula is C9H13F7. The van der Waals surface area contributed by atoms with Gasteiger partial charge >= 0.3 is 17.8 Å². The maximum absolute atomic E-state index is 12.8. The van der Waals surface area contributed by atoms with Gasteiger partial charge in [-0.1, -0.05) is 19.8 Å². The van der Waals surface area contributed by atoms with Gasteiger partial charge in [-0.25, -0.2) is 4.39 Å². The summed E-state index contributed by atoms with van der Waals surface area (Å²) in [5, 5.41) is 0. The summed E-state index contributed by atoms with van der Waals surface area (Å²) in [5.41, 5.74) is 0. The second-order valence-electron chi connectivity index (χ2n) is 3.57. The molecule has 0 bridgehead atoms. The highest BCUT2D eigenvalue weighted by atomic mass is 19.3. The van der Waals surface area contributed by atoms with Crippen molar-refractivity contribution in [2.24, 2.45) is 0 Å². The highest BCUT2D eigenvalue weighted by Gasteiger charge is 2.70. The average Bonchev–Trinajstić information content (AvgIpc) is 2.17. The minimum atomic E-state index is -5.65. The molecule has 0 rings (SSSR count). The molecule has 0 radical (unpaired) electrons. The van der Waals surface area contributed by atoms with Crippen LogP contribution < -0.4 is 0 Å². The van der Waals surface area contributed by atoms with Crippen molar-refractivity contribution in [2.45, 2.75) is 50.4 Å². The lowest BCUT2D eigenvalue weighted by molar-refractivity contribution is -0.313. The molecule has 0 atom stereocenters. The summed E-state index contributed by atoms with van der Waals surface area (Å²) >= 11 is 0. The molecule has 0 aliphatic heterocycles. The number of unbranched alkanes of at least 4 members (excludes halogenated alkanes) is 2. The Morgan fingerprint density at radius 2 is 1.31 bits per heavy atom. The van der Waals surface area contributed by atoms with Gasteiger partial charge in [0.25, 0.3) is 0 Å². The van der Waals surface area contributed by atoms with Crippen molar-refractivity contribution < 1.29 is 30.7 Å². The van der Waals surface area contributed by atoms with Crippen LogP contribution in [0.15, 0.2) is 0 Å². The first kappa shape index (κ1) is 15.5. The van der Waals surface area contributed by atoms with Crippen molar-refractivity contribution in [1.29, 1.82) is 0 Å². The fraction of sp³-hybridized carbons (Fsp3) is 1.00. The Labute approximate surface area is 88.8 Å². The molecule has 0 heterocycles. The molecule has 0 saturated carbocycles. The van der Waals surface area contributed by atoms with Crippen molar-refractivity contribution in [3.05, 3.63) is 0 Å². The van der Waals surface area contributed by atoms with Crippen LogP contribution in [0.2, 0.25) is 0 Å². The number of alkyl halides is 7. The molecule has 0 aromatic heterocycles. The van der Waals surface area contributed by atoms with Gasteiger partial charge in [0.2, 0.25) is 0 Å². The first-order valence-corrected chi connectivity index (χ1v) is 4.82. The van der Waals surface area contributed by atoms with E-state index in [0.717, 1.165) is 0 Å². The van der Waals surface area contributed by atoms with Gasteiger partial charge in [0, 0.05) is 6.42 Å². The van der Waals surface area contributed by atoms with Crippen LogP contribution in [0.3, 0.4) is 0 Å². The standard InChI is InChI=1S/C9H13F7/c1-2-3-4-5-7(11,12)9(15,16)8(13,14)6-10/h2-6H2,1H3. The maximum atomic E-state index is 12.8. The number of hydrogen-bond acceptors (Lipinski definition) is 0. The Kier molecular flexibility index (Phi) is 5.07. The van der Waals surface area contributed by atoms with Crippen LogP contribution in [0, 0.1) is 0 Å². The summed E-state index contributed by atoms with van der Waals surface area (Å²) in [4.78, 5) is 0. The number of halogens is 7. The van der Waals surface area contributed by atoms with Gasteiger partial charge in [0.15, 0.2) is 6.67 Å². The molecule has 16 heavy (non-hydrogen) atoms. The van der Waals surface area contributed by atoms with Gasteiger partial charge in [0.1, 0.15) is 0 Å². The molecule has 0 nitrogen and oxygen atoms in total. The maximum Gasteiger partial charge on any atom is 0.374 e. The third kappa shape index (κ3) is 3.01. The summed E-state index contributed by atoms with van der Waals surface area (Å²) in [6.45, 7) is -1.16. The molecule has 0 aliphatic rings. The zero-order chi connectivity index (χ0) is 13.0. The molecule has 0 saturated heterocycles. The molecule has 0 N–H and O–H groups in total. The van der Waals surface area contributed by atoms with Crippen molar-refractivity contribution in [3.8, 4) is 0 Å². The van der Waals surface area contributed by atoms with E-state index >= 15 is 0 Å². The van der Waals surface area contributed by atoms with Gasteiger partial charge in [-0.15, -0.1) is 0 Å². The first-order chi connectivity index (χ1) is 7.12. The number of hydrogen-bond donors (Lipinski definition) is 0. The lowest BCUT2D eigenvalue weighted by atomic mass is 9.99. The topological polar surface area (TPSA) is 0 Å². The Balaban J connectivity index is 4.70. The smallest absolute Gasteiger partial charge is 0.244 e. The van der Waals surface area contributed by atoms with E-state index in [1.165, 1.54) is 0 Å². The van der Waals surface area contributed by atoms with E-state index in [-0.39, 0.29) is 12.8 Å². The summed E-state index contributed by atoms with van der Waals surface area (Å²) < 4.78 is 87.2. The Bertz CT molecular complexity index is 212. The van der Waals surface area contributed by atoms with E-state index < -0.39 is 30.9 Å². The molecule has 0 aromatic rings. The van der Waals surface area contributed by atoms with E-state index in [0.29, 0.717) is 6.42 Å². The van der Waals surface area contributed by atoms with Crippen LogP contribution in [0.1, 0.15) is 32.6 Å². The van der Waals surface area contributed by atoms with E-state index in [1.807, 2.05) is 0 Å². The first-order valence-electron chi connectivity index (χ1n) is 4.82. The Morgan fingerprint density at radius 1 is 0.812 bits per heavy atom. The summed E-state index contributed by atoms with van der Waals surface area (Å²) in [6, 6.07) is 0. The van der Waals surface area contributed by atoms with Gasteiger partial charge in [-0.2, -0.15) is 26.3 Å². The normalized spacial score (nSPS) is 14.2. The average molecular weight is 254 g/mol. The zero-order valence-corrected chi connectivity index (χ0v) is 8.68. The largest absolute Gasteiger partial charge is 0.374 e. The summed E-state index contributed by atoms with van der Waals surface area (Å²) in [5.74, 6) is -15.9. The van der Waals surface area contributed by atoms with Crippen molar-refractivity contribution in [1.82, 2.24) is 0 Å². The lowest BCUT2D eigenvalue weighted by Crippen LogP contribution is -2.55. The van der Waals surface area contributed by atoms with Crippen molar-refractivity contribution in [2.75, 3.05) is 6.67 Å². The van der Waals surface area contributed by atoms with E-state index in [2.05, 4.69) is 0 Å². The summed E-state index contributed by atoms with van der Waals surface area (Å²) in [7, 11) is 0. The highest BCUT2D eigenvalue weighted by Crippen LogP contribution is 2.48. The molecular weight excluding hydrogens is 241 g/mol. The summed E-state index contributed by atoms with van der Waals surface area (Å²) in [6.07, 6.45) is -0.959. The second-order valence-corrected chi connectivity index (χ2v) is 3.57. The molecule has 0 unspecified atom stereocenters. The van der Waals surface area contributed by atoms with E-state index in [4.69, 9.17) is 0 Å². The molecule has 7 heteroatoms. The predicted molar refractivity (Wildman–Crippen MR) is 45.0 cm³/mol. The van der Waals surface area contributed by atoms with Gasteiger partial charge in [0.05, 0.1) is 0 Å². The van der Waals surface area contributed by atoms with Crippen LogP contribution in [-0.4, -0.2) is 24.4 Å². The molecule has 98 valence electrons. The van der Waals surface area contributed by atoms with Crippen LogP contribution in [0.25, 0.3) is 0 Å². The van der Waals surface area contributed by atoms with Crippen LogP contribution >= 0.6 is 0 Å². The van der Waals surface area contributed by atoms with Crippen molar-refractivity contribution in [3.63, 3.8) is 0 Å². The molecule has 0 fully saturated rings. The fourth-order valence-electron chi connectivity index (χ4n) is 1.11. The molecule has 0 aromatic carbocycles.